The number of aromatic nitrogens is 4. The SMILES string of the molecule is COc1ccc([C@H]2c3ccc(O)cc3Oc3ncn4nc(-c5ccc(C)cc5)nc4c32)cc1. The van der Waals surface area contributed by atoms with Crippen LogP contribution in [0.2, 0.25) is 0 Å². The number of rotatable bonds is 3. The zero-order valence-electron chi connectivity index (χ0n) is 18.1. The van der Waals surface area contributed by atoms with E-state index in [4.69, 9.17) is 14.5 Å². The van der Waals surface area contributed by atoms with Crippen LogP contribution in [0.25, 0.3) is 17.0 Å². The number of hydrogen-bond acceptors (Lipinski definition) is 6. The third-order valence-electron chi connectivity index (χ3n) is 5.95. The van der Waals surface area contributed by atoms with Crippen LogP contribution in [0.15, 0.2) is 73.1 Å². The minimum atomic E-state index is -0.207. The average molecular weight is 436 g/mol. The van der Waals surface area contributed by atoms with Gasteiger partial charge in [-0.15, -0.1) is 5.10 Å². The Morgan fingerprint density at radius 3 is 2.55 bits per heavy atom. The zero-order chi connectivity index (χ0) is 22.5. The van der Waals surface area contributed by atoms with Gasteiger partial charge >= 0.3 is 0 Å². The van der Waals surface area contributed by atoms with Crippen molar-refractivity contribution in [2.45, 2.75) is 12.8 Å². The van der Waals surface area contributed by atoms with Gasteiger partial charge in [0.2, 0.25) is 5.88 Å². The summed E-state index contributed by atoms with van der Waals surface area (Å²) in [7, 11) is 1.65. The zero-order valence-corrected chi connectivity index (χ0v) is 18.1. The molecule has 0 saturated carbocycles. The molecule has 7 nitrogen and oxygen atoms in total. The lowest BCUT2D eigenvalue weighted by Crippen LogP contribution is -2.15. The van der Waals surface area contributed by atoms with Crippen LogP contribution in [0.1, 0.15) is 28.2 Å². The van der Waals surface area contributed by atoms with Gasteiger partial charge in [0.05, 0.1) is 12.7 Å². The predicted molar refractivity (Wildman–Crippen MR) is 123 cm³/mol. The fourth-order valence-corrected chi connectivity index (χ4v) is 4.27. The summed E-state index contributed by atoms with van der Waals surface area (Å²) >= 11 is 0. The lowest BCUT2D eigenvalue weighted by Gasteiger charge is -2.28. The van der Waals surface area contributed by atoms with Crippen LogP contribution in [0, 0.1) is 6.92 Å². The van der Waals surface area contributed by atoms with Gasteiger partial charge in [0.15, 0.2) is 11.5 Å². The van der Waals surface area contributed by atoms with E-state index in [1.165, 1.54) is 5.56 Å². The van der Waals surface area contributed by atoms with Crippen LogP contribution < -0.4 is 9.47 Å². The van der Waals surface area contributed by atoms with Gasteiger partial charge in [0, 0.05) is 23.1 Å². The second-order valence-corrected chi connectivity index (χ2v) is 8.06. The Labute approximate surface area is 189 Å². The van der Waals surface area contributed by atoms with Gasteiger partial charge in [0.25, 0.3) is 0 Å². The number of aromatic hydroxyl groups is 1. The Morgan fingerprint density at radius 2 is 1.79 bits per heavy atom. The van der Waals surface area contributed by atoms with E-state index in [9.17, 15) is 5.11 Å². The molecule has 0 radical (unpaired) electrons. The smallest absolute Gasteiger partial charge is 0.228 e. The first-order valence-electron chi connectivity index (χ1n) is 10.6. The van der Waals surface area contributed by atoms with Gasteiger partial charge in [-0.25, -0.2) is 14.5 Å². The van der Waals surface area contributed by atoms with Crippen molar-refractivity contribution >= 4 is 5.65 Å². The van der Waals surface area contributed by atoms with E-state index < -0.39 is 0 Å². The summed E-state index contributed by atoms with van der Waals surface area (Å²) in [6, 6.07) is 21.2. The highest BCUT2D eigenvalue weighted by Gasteiger charge is 2.33. The highest BCUT2D eigenvalue weighted by molar-refractivity contribution is 5.68. The van der Waals surface area contributed by atoms with Crippen molar-refractivity contribution in [1.29, 1.82) is 0 Å². The lowest BCUT2D eigenvalue weighted by molar-refractivity contribution is 0.414. The Kier molecular flexibility index (Phi) is 4.29. The fraction of sp³-hybridized carbons (Fsp3) is 0.115. The van der Waals surface area contributed by atoms with Crippen LogP contribution in [-0.2, 0) is 0 Å². The first-order valence-corrected chi connectivity index (χ1v) is 10.6. The molecule has 1 aliphatic heterocycles. The summed E-state index contributed by atoms with van der Waals surface area (Å²) in [5.74, 6) is 2.34. The van der Waals surface area contributed by atoms with Gasteiger partial charge in [-0.1, -0.05) is 48.0 Å². The van der Waals surface area contributed by atoms with E-state index in [1.807, 2.05) is 61.5 Å². The van der Waals surface area contributed by atoms with Crippen molar-refractivity contribution in [2.24, 2.45) is 0 Å². The minimum Gasteiger partial charge on any atom is -0.508 e. The third-order valence-corrected chi connectivity index (χ3v) is 5.95. The molecule has 0 aliphatic carbocycles. The van der Waals surface area contributed by atoms with E-state index in [0.717, 1.165) is 28.0 Å². The van der Waals surface area contributed by atoms with E-state index >= 15 is 0 Å². The molecular weight excluding hydrogens is 416 g/mol. The van der Waals surface area contributed by atoms with Gasteiger partial charge in [-0.3, -0.25) is 0 Å². The summed E-state index contributed by atoms with van der Waals surface area (Å²) in [5.41, 5.74) is 5.56. The number of phenolic OH excluding ortho intramolecular Hbond substituents is 1. The van der Waals surface area contributed by atoms with Crippen LogP contribution in [0.4, 0.5) is 0 Å². The number of methoxy groups -OCH3 is 1. The molecule has 1 atom stereocenters. The maximum atomic E-state index is 10.0. The number of phenols is 1. The molecule has 3 heterocycles. The first-order chi connectivity index (χ1) is 16.1. The molecule has 3 aromatic carbocycles. The standard InChI is InChI=1S/C26H20N4O3/c1-15-3-5-17(6-4-15)24-28-25-23-22(16-7-10-19(32-2)11-8-16)20-12-9-18(31)13-21(20)33-26(23)27-14-30(25)29-24/h3-14,22,31H,1-2H3/t22-/m0/s1. The molecule has 0 amide bonds. The molecule has 162 valence electrons. The normalized spacial score (nSPS) is 14.4. The molecule has 1 N–H and O–H groups in total. The van der Waals surface area contributed by atoms with Crippen LogP contribution >= 0.6 is 0 Å². The van der Waals surface area contributed by atoms with Gasteiger partial charge in [-0.2, -0.15) is 0 Å². The molecule has 0 bridgehead atoms. The molecule has 5 aromatic rings. The Morgan fingerprint density at radius 1 is 1.00 bits per heavy atom. The van der Waals surface area contributed by atoms with Crippen LogP contribution in [0.3, 0.4) is 0 Å². The third kappa shape index (κ3) is 3.17. The predicted octanol–water partition coefficient (Wildman–Crippen LogP) is 5.10. The van der Waals surface area contributed by atoms with Gasteiger partial charge < -0.3 is 14.6 Å². The molecule has 0 spiro atoms. The number of fused-ring (bicyclic) bond motifs is 4. The summed E-state index contributed by atoms with van der Waals surface area (Å²) in [6.07, 6.45) is 1.61. The van der Waals surface area contributed by atoms with Gasteiger partial charge in [0.1, 0.15) is 23.6 Å². The lowest BCUT2D eigenvalue weighted by atomic mass is 9.84. The summed E-state index contributed by atoms with van der Waals surface area (Å²) in [4.78, 5) is 9.42. The Hall–Kier alpha value is -4.39. The largest absolute Gasteiger partial charge is 0.508 e. The Bertz CT molecular complexity index is 1490. The minimum absolute atomic E-state index is 0.135. The first kappa shape index (κ1) is 19.3. The monoisotopic (exact) mass is 436 g/mol. The fourth-order valence-electron chi connectivity index (χ4n) is 4.27. The maximum Gasteiger partial charge on any atom is 0.228 e. The van der Waals surface area contributed by atoms with E-state index in [2.05, 4.69) is 10.1 Å². The number of benzene rings is 3. The molecule has 2 aromatic heterocycles. The highest BCUT2D eigenvalue weighted by Crippen LogP contribution is 2.48. The van der Waals surface area contributed by atoms with Gasteiger partial charge in [-0.05, 0) is 30.7 Å². The van der Waals surface area contributed by atoms with Crippen molar-refractivity contribution in [3.63, 3.8) is 0 Å². The molecule has 0 unspecified atom stereocenters. The summed E-state index contributed by atoms with van der Waals surface area (Å²) in [5, 5.41) is 14.7. The van der Waals surface area contributed by atoms with E-state index in [1.54, 1.807) is 30.1 Å². The van der Waals surface area contributed by atoms with Crippen molar-refractivity contribution in [2.75, 3.05) is 7.11 Å². The highest BCUT2D eigenvalue weighted by atomic mass is 16.5. The molecule has 1 aliphatic rings. The molecular formula is C26H20N4O3. The van der Waals surface area contributed by atoms with Crippen molar-refractivity contribution in [3.8, 4) is 34.5 Å². The Balaban J connectivity index is 1.58. The number of nitrogens with zero attached hydrogens (tertiary/aromatic N) is 4. The quantitative estimate of drug-likeness (QED) is 0.416. The number of hydrogen-bond donors (Lipinski definition) is 1. The van der Waals surface area contributed by atoms with E-state index in [0.29, 0.717) is 23.1 Å². The van der Waals surface area contributed by atoms with E-state index in [-0.39, 0.29) is 11.7 Å². The maximum absolute atomic E-state index is 10.0. The van der Waals surface area contributed by atoms with Crippen molar-refractivity contribution in [3.05, 3.63) is 95.3 Å². The number of ether oxygens (including phenoxy) is 2. The molecule has 6 rings (SSSR count). The number of aryl methyl sites for hydroxylation is 1. The second kappa shape index (κ2) is 7.34. The van der Waals surface area contributed by atoms with Crippen molar-refractivity contribution in [1.82, 2.24) is 19.6 Å². The van der Waals surface area contributed by atoms with Crippen molar-refractivity contribution < 1.29 is 14.6 Å². The summed E-state index contributed by atoms with van der Waals surface area (Å²) < 4.78 is 13.2. The average Bonchev–Trinajstić information content (AvgIpc) is 3.27. The molecule has 33 heavy (non-hydrogen) atoms. The summed E-state index contributed by atoms with van der Waals surface area (Å²) in [6.45, 7) is 2.05. The topological polar surface area (TPSA) is 81.8 Å². The van der Waals surface area contributed by atoms with Crippen LogP contribution in [-0.4, -0.2) is 31.8 Å². The van der Waals surface area contributed by atoms with Crippen LogP contribution in [0.5, 0.6) is 23.1 Å². The molecule has 0 fully saturated rings. The second-order valence-electron chi connectivity index (χ2n) is 8.06. The molecule has 7 heteroatoms. The molecule has 0 saturated heterocycles.